The smallest absolute Gasteiger partial charge is 0.0291 e. The zero-order valence-electron chi connectivity index (χ0n) is 54.2. The van der Waals surface area contributed by atoms with Gasteiger partial charge in [0.15, 0.2) is 0 Å². The summed E-state index contributed by atoms with van der Waals surface area (Å²) in [4.78, 5) is 14.8. The van der Waals surface area contributed by atoms with E-state index in [-0.39, 0.29) is 43.8 Å². The fraction of sp³-hybridized carbons (Fsp3) is 0.136. The third-order valence-corrected chi connectivity index (χ3v) is 17.3. The molecule has 92 heavy (non-hydrogen) atoms. The first-order chi connectivity index (χ1) is 43.5. The van der Waals surface area contributed by atoms with Gasteiger partial charge in [0.05, 0.1) is 0 Å². The summed E-state index contributed by atoms with van der Waals surface area (Å²) in [6.45, 7) is 20.2. The molecule has 455 valence electrons. The van der Waals surface area contributed by atoms with Crippen LogP contribution in [0.3, 0.4) is 0 Å². The Morgan fingerprint density at radius 2 is 0.576 bits per heavy atom. The third-order valence-electron chi connectivity index (χ3n) is 17.3. The largest absolute Gasteiger partial charge is 0.358 e. The Balaban J connectivity index is 0.00000433. The summed E-state index contributed by atoms with van der Waals surface area (Å²) < 4.78 is 0. The molecule has 0 unspecified atom stereocenters. The average molecular weight is 1370 g/mol. The van der Waals surface area contributed by atoms with Crippen molar-refractivity contribution in [2.24, 2.45) is 0 Å². The molecule has 0 spiro atoms. The minimum absolute atomic E-state index is 0. The first-order valence-electron chi connectivity index (χ1n) is 31.2. The van der Waals surface area contributed by atoms with Crippen LogP contribution in [-0.4, -0.2) is 15.0 Å². The fourth-order valence-electron chi connectivity index (χ4n) is 12.3. The van der Waals surface area contributed by atoms with Crippen LogP contribution in [0.1, 0.15) is 79.0 Å². The van der Waals surface area contributed by atoms with E-state index >= 15 is 0 Å². The van der Waals surface area contributed by atoms with Gasteiger partial charge in [-0.2, -0.15) is 0 Å². The van der Waals surface area contributed by atoms with Crippen LogP contribution in [0.25, 0.3) is 134 Å². The van der Waals surface area contributed by atoms with Crippen molar-refractivity contribution < 1.29 is 20.1 Å². The number of rotatable bonds is 12. The molecule has 3 aromatic heterocycles. The van der Waals surface area contributed by atoms with Crippen LogP contribution in [-0.2, 0) is 36.4 Å². The van der Waals surface area contributed by atoms with Crippen molar-refractivity contribution in [3.8, 4) is 134 Å². The van der Waals surface area contributed by atoms with Crippen molar-refractivity contribution in [2.75, 3.05) is 0 Å². The van der Waals surface area contributed by atoms with E-state index in [1.165, 1.54) is 16.7 Å². The summed E-state index contributed by atoms with van der Waals surface area (Å²) in [7, 11) is 0. The van der Waals surface area contributed by atoms with Crippen LogP contribution < -0.4 is 0 Å². The maximum Gasteiger partial charge on any atom is 0.0291 e. The van der Waals surface area contributed by atoms with Crippen LogP contribution in [0, 0.1) is 25.6 Å². The van der Waals surface area contributed by atoms with Gasteiger partial charge in [-0.3, -0.25) is 4.98 Å². The summed E-state index contributed by atoms with van der Waals surface area (Å²) in [6.07, 6.45) is 5.79. The second kappa shape index (κ2) is 26.6. The molecule has 13 aromatic rings. The first kappa shape index (κ1) is 63.9. The van der Waals surface area contributed by atoms with E-state index in [0.717, 1.165) is 134 Å². The number of nitrogens with zero attached hydrogens (tertiary/aromatic N) is 3. The van der Waals surface area contributed by atoms with E-state index in [4.69, 9.17) is 15.0 Å². The Kier molecular flexibility index (Phi) is 18.5. The first-order valence-corrected chi connectivity index (χ1v) is 31.2. The quantitative estimate of drug-likeness (QED) is 0.114. The Labute approximate surface area is 559 Å². The summed E-state index contributed by atoms with van der Waals surface area (Å²) in [6, 6.07) is 104. The molecule has 0 saturated carbocycles. The number of hydrogen-bond acceptors (Lipinski definition) is 3. The van der Waals surface area contributed by atoms with E-state index in [1.807, 2.05) is 18.6 Å². The minimum Gasteiger partial charge on any atom is -0.358 e. The zero-order valence-corrected chi connectivity index (χ0v) is 56.6. The topological polar surface area (TPSA) is 38.7 Å². The molecular weight excluding hydrogens is 1290 g/mol. The molecule has 0 aliphatic rings. The van der Waals surface area contributed by atoms with Gasteiger partial charge in [0.1, 0.15) is 0 Å². The molecule has 0 N–H and O–H groups in total. The Hall–Kier alpha value is -9.70. The number of aromatic nitrogens is 3. The fourth-order valence-corrected chi connectivity index (χ4v) is 12.3. The second-order valence-corrected chi connectivity index (χ2v) is 26.6. The molecule has 0 atom stereocenters. The summed E-state index contributed by atoms with van der Waals surface area (Å²) in [5.74, 6) is 0. The summed E-state index contributed by atoms with van der Waals surface area (Å²) in [5, 5.41) is 0. The SMILES string of the molecule is CC(C)(C)c1ccnc(-c2[c-]cc(-c3ccccc3-c3cc(-c4ccccc4-c4[c-]cc(-c5cc(C(C)(C)C)ccn5)cc4-c4ccccc4)cc(-c4ccccc4-c4c[c-]c(-c5cc(C(C)(C)C)ccn5)cc4-c4ccccc4)c3)c(-c3ccccc3)c2)c1.[CH3-].[Ir]. The van der Waals surface area contributed by atoms with Gasteiger partial charge in [0.2, 0.25) is 0 Å². The Morgan fingerprint density at radius 3 is 0.967 bits per heavy atom. The van der Waals surface area contributed by atoms with Crippen LogP contribution >= 0.6 is 0 Å². The van der Waals surface area contributed by atoms with E-state index in [1.54, 1.807) is 0 Å². The van der Waals surface area contributed by atoms with Gasteiger partial charge in [-0.25, -0.2) is 0 Å². The molecule has 3 nitrogen and oxygen atoms in total. The third kappa shape index (κ3) is 13.4. The monoisotopic (exact) mass is 1370 g/mol. The van der Waals surface area contributed by atoms with Crippen LogP contribution in [0.4, 0.5) is 0 Å². The summed E-state index contributed by atoms with van der Waals surface area (Å²) >= 11 is 0. The molecule has 4 heteroatoms. The van der Waals surface area contributed by atoms with Gasteiger partial charge < -0.3 is 17.4 Å². The van der Waals surface area contributed by atoms with Crippen LogP contribution in [0.15, 0.2) is 273 Å². The van der Waals surface area contributed by atoms with Crippen molar-refractivity contribution in [2.45, 2.75) is 78.6 Å². The van der Waals surface area contributed by atoms with Gasteiger partial charge >= 0.3 is 0 Å². The number of hydrogen-bond donors (Lipinski definition) is 0. The van der Waals surface area contributed by atoms with E-state index in [0.29, 0.717) is 0 Å². The van der Waals surface area contributed by atoms with E-state index < -0.39 is 0 Å². The standard InChI is InChI=1S/C87H72N3.CH3.Ir/c1-85(2,3)67-43-46-88-82(55-67)61-37-40-76(79(52-61)58-25-13-10-14-26-58)73-34-22-19-31-70(73)64-49-65(71-32-20-23-35-74(71)77-41-38-62(53-80(77)59-27-15-11-16-28-59)83-56-68(44-47-89-83)86(4,5)6)51-66(50-64)72-33-21-24-36-75(72)78-42-39-63(54-81(78)60-29-17-12-18-30-60)84-57-69(45-48-90-84)87(7,8)9;;/h10-37,41-57H,1-9H3;1H3;/q-3;-1;. The molecule has 0 amide bonds. The predicted octanol–water partition coefficient (Wildman–Crippen LogP) is 23.6. The van der Waals surface area contributed by atoms with Crippen LogP contribution in [0.5, 0.6) is 0 Å². The Bertz CT molecular complexity index is 4260. The molecule has 0 bridgehead atoms. The molecule has 0 aliphatic heterocycles. The van der Waals surface area contributed by atoms with Crippen molar-refractivity contribution >= 4 is 0 Å². The maximum absolute atomic E-state index is 4.93. The number of pyridine rings is 3. The van der Waals surface area contributed by atoms with Crippen LogP contribution in [0.2, 0.25) is 0 Å². The zero-order chi connectivity index (χ0) is 62.2. The molecule has 0 aliphatic carbocycles. The van der Waals surface area contributed by atoms with Gasteiger partial charge in [0.25, 0.3) is 0 Å². The molecule has 13 rings (SSSR count). The normalized spacial score (nSPS) is 11.6. The minimum atomic E-state index is -0.0404. The van der Waals surface area contributed by atoms with Crippen molar-refractivity contribution in [1.29, 1.82) is 0 Å². The number of benzene rings is 10. The molecule has 3 heterocycles. The molecule has 0 saturated heterocycles. The van der Waals surface area contributed by atoms with Gasteiger partial charge in [-0.05, 0) is 126 Å². The maximum atomic E-state index is 4.93. The van der Waals surface area contributed by atoms with Crippen molar-refractivity contribution in [3.05, 3.63) is 316 Å². The molecule has 1 radical (unpaired) electrons. The van der Waals surface area contributed by atoms with E-state index in [9.17, 15) is 0 Å². The second-order valence-electron chi connectivity index (χ2n) is 26.6. The van der Waals surface area contributed by atoms with Crippen molar-refractivity contribution in [3.63, 3.8) is 0 Å². The summed E-state index contributed by atoms with van der Waals surface area (Å²) in [5.41, 5.74) is 28.8. The molecular formula is C88H75IrN3-4. The predicted molar refractivity (Wildman–Crippen MR) is 384 cm³/mol. The Morgan fingerprint density at radius 1 is 0.250 bits per heavy atom. The van der Waals surface area contributed by atoms with Crippen molar-refractivity contribution in [1.82, 2.24) is 15.0 Å². The molecule has 0 fully saturated rings. The van der Waals surface area contributed by atoms with Gasteiger partial charge in [0, 0.05) is 44.4 Å². The average Bonchev–Trinajstić information content (AvgIpc) is 0.781. The van der Waals surface area contributed by atoms with E-state index in [2.05, 4.69) is 335 Å². The molecule has 10 aromatic carbocycles. The van der Waals surface area contributed by atoms with Gasteiger partial charge in [-0.1, -0.05) is 294 Å². The van der Waals surface area contributed by atoms with Gasteiger partial charge in [-0.15, -0.1) is 76.9 Å².